The van der Waals surface area contributed by atoms with Gasteiger partial charge in [-0.2, -0.15) is 0 Å². The van der Waals surface area contributed by atoms with Crippen molar-refractivity contribution in [1.82, 2.24) is 44.3 Å². The van der Waals surface area contributed by atoms with Crippen LogP contribution in [0.4, 0.5) is 0 Å². The van der Waals surface area contributed by atoms with Gasteiger partial charge in [0, 0.05) is 162 Å². The second-order valence-electron chi connectivity index (χ2n) is 40.4. The SMILES string of the molecule is c1ccc(-c2c3c4ccccc4n4c5cc6c7c8c(c(-c9ccc(-c%10cccc%11c%10c%10coc%12c%13cc%14c(cc%13n%11c%10%12)c%10occ%11c%12ccccc%12n%14c%11%10)cc9)n7-c7ccc(-c9ccc%10c%11cccc%12c%13c(ccc%14c%15cccc%16c%17cc%18c(cc%17n(c%16%15)c%14%13)c%13cccc%14c%15ccc%16c(c%17cccc%19c%20ccccc%20n%16c%19%17)c%15n%18c%13%14)n(c%10c9)c%11%12)cc7)c7ccccc7n8c6cc5c(c34)n2-c2ccccc2)cc1. The summed E-state index contributed by atoms with van der Waals surface area (Å²) >= 11 is 0. The van der Waals surface area contributed by atoms with Crippen LogP contribution in [-0.4, -0.2) is 44.3 Å². The van der Waals surface area contributed by atoms with Crippen LogP contribution in [0.3, 0.4) is 0 Å². The van der Waals surface area contributed by atoms with Gasteiger partial charge in [-0.05, 0) is 143 Å². The molecule has 20 aromatic heterocycles. The molecule has 0 amide bonds. The highest BCUT2D eigenvalue weighted by Crippen LogP contribution is 2.58. The van der Waals surface area contributed by atoms with E-state index < -0.39 is 0 Å². The van der Waals surface area contributed by atoms with Crippen LogP contribution in [-0.2, 0) is 0 Å². The van der Waals surface area contributed by atoms with Crippen LogP contribution in [0.15, 0.2) is 397 Å². The van der Waals surface area contributed by atoms with Gasteiger partial charge < -0.3 is 53.2 Å². The molecule has 39 aromatic rings. The topological polar surface area (TPSA) is 71.4 Å². The van der Waals surface area contributed by atoms with E-state index in [4.69, 9.17) is 8.83 Å². The molecule has 0 unspecified atom stereocenters. The summed E-state index contributed by atoms with van der Waals surface area (Å²) in [6.07, 6.45) is 3.93. The van der Waals surface area contributed by atoms with Crippen molar-refractivity contribution in [3.63, 3.8) is 0 Å². The first-order chi connectivity index (χ1) is 70.5. The number of furan rings is 2. The Bertz CT molecular complexity index is 12800. The van der Waals surface area contributed by atoms with Crippen LogP contribution in [0.2, 0.25) is 0 Å². The Labute approximate surface area is 797 Å². The Morgan fingerprint density at radius 1 is 0.141 bits per heavy atom. The fraction of sp³-hybridized carbons (Fsp3) is 0. The molecule has 0 saturated heterocycles. The minimum atomic E-state index is 0.892. The number of rotatable bonds is 6. The van der Waals surface area contributed by atoms with E-state index in [-0.39, 0.29) is 0 Å². The van der Waals surface area contributed by atoms with Crippen molar-refractivity contribution < 1.29 is 8.83 Å². The smallest absolute Gasteiger partial charge is 0.160 e. The van der Waals surface area contributed by atoms with Gasteiger partial charge in [0.25, 0.3) is 0 Å². The Kier molecular flexibility index (Phi) is 11.6. The third-order valence-electron chi connectivity index (χ3n) is 34.3. The predicted molar refractivity (Wildman–Crippen MR) is 589 cm³/mol. The maximum Gasteiger partial charge on any atom is 0.160 e. The van der Waals surface area contributed by atoms with Gasteiger partial charge >= 0.3 is 0 Å². The Morgan fingerprint density at radius 2 is 0.472 bits per heavy atom. The van der Waals surface area contributed by atoms with E-state index >= 15 is 0 Å². The number of hydrogen-bond donors (Lipinski definition) is 0. The molecule has 0 atom stereocenters. The molecule has 0 bridgehead atoms. The van der Waals surface area contributed by atoms with Gasteiger partial charge in [-0.3, -0.25) is 0 Å². The Balaban J connectivity index is 0.530. The molecule has 0 saturated carbocycles. The van der Waals surface area contributed by atoms with E-state index in [2.05, 4.69) is 420 Å². The van der Waals surface area contributed by atoms with E-state index in [0.717, 1.165) is 111 Å². The van der Waals surface area contributed by atoms with E-state index in [9.17, 15) is 0 Å². The summed E-state index contributed by atoms with van der Waals surface area (Å²) < 4.78 is 38.9. The first-order valence-corrected chi connectivity index (χ1v) is 49.2. The van der Waals surface area contributed by atoms with Gasteiger partial charge in [-0.1, -0.05) is 267 Å². The van der Waals surface area contributed by atoms with E-state index in [0.29, 0.717) is 0 Å². The molecule has 0 spiro atoms. The van der Waals surface area contributed by atoms with Crippen molar-refractivity contribution in [1.29, 1.82) is 0 Å². The number of aromatic nitrogens is 10. The average molecular weight is 1800 g/mol. The molecule has 142 heavy (non-hydrogen) atoms. The summed E-state index contributed by atoms with van der Waals surface area (Å²) in [5, 5.41) is 34.5. The van der Waals surface area contributed by atoms with Crippen molar-refractivity contribution in [2.45, 2.75) is 0 Å². The van der Waals surface area contributed by atoms with E-state index in [1.807, 2.05) is 12.5 Å². The normalized spacial score (nSPS) is 13.4. The lowest BCUT2D eigenvalue weighted by molar-refractivity contribution is 0.622. The molecule has 0 fully saturated rings. The summed E-state index contributed by atoms with van der Waals surface area (Å²) in [5.74, 6) is 0. The monoisotopic (exact) mass is 1800 g/mol. The van der Waals surface area contributed by atoms with Gasteiger partial charge in [0.15, 0.2) is 11.2 Å². The number of fused-ring (bicyclic) bond motifs is 50. The molecular weight excluding hydrogens is 1730 g/mol. The first kappa shape index (κ1) is 70.4. The largest absolute Gasteiger partial charge is 0.461 e. The Hall–Kier alpha value is -19.3. The minimum absolute atomic E-state index is 0.892. The second-order valence-corrected chi connectivity index (χ2v) is 40.4. The van der Waals surface area contributed by atoms with Crippen molar-refractivity contribution in [2.75, 3.05) is 0 Å². The zero-order valence-electron chi connectivity index (χ0n) is 75.2. The van der Waals surface area contributed by atoms with Crippen LogP contribution in [0.5, 0.6) is 0 Å². The zero-order chi connectivity index (χ0) is 90.5. The molecule has 0 aliphatic carbocycles. The lowest BCUT2D eigenvalue weighted by Gasteiger charge is -2.14. The third-order valence-corrected chi connectivity index (χ3v) is 34.3. The van der Waals surface area contributed by atoms with Crippen molar-refractivity contribution in [3.8, 4) is 56.1 Å². The van der Waals surface area contributed by atoms with Crippen LogP contribution in [0.1, 0.15) is 0 Å². The van der Waals surface area contributed by atoms with Gasteiger partial charge in [-0.15, -0.1) is 0 Å². The minimum Gasteiger partial charge on any atom is -0.461 e. The molecule has 20 heterocycles. The van der Waals surface area contributed by atoms with Crippen LogP contribution >= 0.6 is 0 Å². The van der Waals surface area contributed by atoms with Gasteiger partial charge in [0.1, 0.15) is 23.6 Å². The zero-order valence-corrected chi connectivity index (χ0v) is 75.2. The molecule has 0 radical (unpaired) electrons. The van der Waals surface area contributed by atoms with Gasteiger partial charge in [0.2, 0.25) is 0 Å². The van der Waals surface area contributed by atoms with Crippen molar-refractivity contribution >= 4 is 305 Å². The number of hydrogen-bond acceptors (Lipinski definition) is 2. The first-order valence-electron chi connectivity index (χ1n) is 49.2. The fourth-order valence-corrected chi connectivity index (χ4v) is 29.0. The molecule has 646 valence electrons. The van der Waals surface area contributed by atoms with Gasteiger partial charge in [-0.25, -0.2) is 0 Å². The predicted octanol–water partition coefficient (Wildman–Crippen LogP) is 34.3. The average Bonchev–Trinajstić information content (AvgIpc) is 1.48. The number of nitrogens with zero attached hydrogens (tertiary/aromatic N) is 10. The quantitative estimate of drug-likeness (QED) is 0.166. The maximum atomic E-state index is 6.80. The Morgan fingerprint density at radius 3 is 1.04 bits per heavy atom. The standard InChI is InChI=1S/C130H64N10O2/c1-3-20-67(21-4-1)115-113-84-26-9-13-39-98(84)135-106-60-91-107(59-90(106)123(127(113)135)131(115)70-22-5-2-6-23-70)136-99-40-14-10-27-85(99)114-116(68-44-42-66(43-45-68)72-28-19-41-100-110(72)95-64-142-130-93-61-108-92(62-109(93)138(100)126(95)130)129-125-94(63-141-129)74-25-8-12-38-97(74)134(108)125)132(124(91)128(114)136)71-49-46-65(47-50-71)69-48-51-75-77-30-18-36-87-112-102(137(120(77)87)103(75)56-69)55-53-83-79-32-16-34-81-89-57-104-88(58-105(89)140(118(79)81)122(83)112)80-33-15-31-78-82-52-54-101-111(121(82)139(104)117(78)80)86-35-17-29-76-73-24-7-11-37-96(73)133(101)119(76)86/h1-64H. The number of benzene rings is 19. The van der Waals surface area contributed by atoms with Crippen LogP contribution < -0.4 is 0 Å². The summed E-state index contributed by atoms with van der Waals surface area (Å²) in [5.41, 5.74) is 44.4. The summed E-state index contributed by atoms with van der Waals surface area (Å²) in [7, 11) is 0. The number of para-hydroxylation sites is 9. The van der Waals surface area contributed by atoms with E-state index in [1.165, 1.54) is 251 Å². The highest BCUT2D eigenvalue weighted by atomic mass is 16.3. The van der Waals surface area contributed by atoms with Gasteiger partial charge in [0.05, 0.1) is 144 Å². The lowest BCUT2D eigenvalue weighted by Crippen LogP contribution is -1.98. The molecule has 39 rings (SSSR count). The summed E-state index contributed by atoms with van der Waals surface area (Å²) in [4.78, 5) is 0. The van der Waals surface area contributed by atoms with Crippen LogP contribution in [0, 0.1) is 0 Å². The van der Waals surface area contributed by atoms with Crippen LogP contribution in [0.25, 0.3) is 362 Å². The molecule has 0 aliphatic heterocycles. The lowest BCUT2D eigenvalue weighted by atomic mass is 9.97. The molecule has 0 aliphatic rings. The summed E-state index contributed by atoms with van der Waals surface area (Å²) in [6, 6.07) is 143. The van der Waals surface area contributed by atoms with Crippen molar-refractivity contribution in [3.05, 3.63) is 389 Å². The summed E-state index contributed by atoms with van der Waals surface area (Å²) in [6.45, 7) is 0. The van der Waals surface area contributed by atoms with E-state index in [1.54, 1.807) is 0 Å². The third kappa shape index (κ3) is 7.64. The highest BCUT2D eigenvalue weighted by molar-refractivity contribution is 6.40. The second kappa shape index (κ2) is 23.5. The highest BCUT2D eigenvalue weighted by Gasteiger charge is 2.37. The molecule has 12 nitrogen and oxygen atoms in total. The molecular formula is C130H64N10O2. The fourth-order valence-electron chi connectivity index (χ4n) is 29.0. The van der Waals surface area contributed by atoms with Crippen molar-refractivity contribution in [2.24, 2.45) is 0 Å². The molecule has 12 heteroatoms. The molecule has 19 aromatic carbocycles. The maximum absolute atomic E-state index is 6.80. The molecule has 0 N–H and O–H groups in total.